The van der Waals surface area contributed by atoms with Crippen molar-refractivity contribution in [3.63, 3.8) is 0 Å². The van der Waals surface area contributed by atoms with Crippen molar-refractivity contribution >= 4 is 25.7 Å². The van der Waals surface area contributed by atoms with Gasteiger partial charge in [-0.2, -0.15) is 0 Å². The third kappa shape index (κ3) is 37.8. The van der Waals surface area contributed by atoms with E-state index >= 15 is 0 Å². The second-order valence-electron chi connectivity index (χ2n) is 13.7. The highest BCUT2D eigenvalue weighted by Gasteiger charge is 2.28. The molecule has 0 saturated carbocycles. The molecule has 320 valence electrons. The number of carbonyl (C=O) groups excluding carboxylic acids is 2. The smallest absolute Gasteiger partial charge is 0.472 e. The average molecular weight is 808 g/mol. The zero-order valence-electron chi connectivity index (χ0n) is 34.4. The van der Waals surface area contributed by atoms with Gasteiger partial charge in [0.05, 0.1) is 13.2 Å². The van der Waals surface area contributed by atoms with Crippen LogP contribution < -0.4 is 5.73 Å². The lowest BCUT2D eigenvalue weighted by Gasteiger charge is -2.20. The number of aliphatic carboxylic acids is 1. The highest BCUT2D eigenvalue weighted by atomic mass is 31.2. The van der Waals surface area contributed by atoms with Crippen molar-refractivity contribution in [1.29, 1.82) is 0 Å². The van der Waals surface area contributed by atoms with Crippen molar-refractivity contribution in [2.24, 2.45) is 5.73 Å². The molecule has 0 bridgehead atoms. The molecule has 0 aromatic rings. The summed E-state index contributed by atoms with van der Waals surface area (Å²) >= 11 is 0. The van der Waals surface area contributed by atoms with Crippen LogP contribution in [0.3, 0.4) is 0 Å². The number of hydrogen-bond donors (Lipinski definition) is 3. The number of allylic oxidation sites excluding steroid dienone is 12. The molecule has 56 heavy (non-hydrogen) atoms. The fourth-order valence-corrected chi connectivity index (χ4v) is 5.92. The van der Waals surface area contributed by atoms with Gasteiger partial charge in [-0.05, 0) is 70.6 Å². The van der Waals surface area contributed by atoms with E-state index in [1.54, 1.807) is 0 Å². The van der Waals surface area contributed by atoms with E-state index < -0.39 is 51.1 Å². The molecule has 0 aliphatic heterocycles. The Balaban J connectivity index is 4.49. The van der Waals surface area contributed by atoms with Crippen LogP contribution in [0.1, 0.15) is 155 Å². The van der Waals surface area contributed by atoms with Crippen molar-refractivity contribution in [2.75, 3.05) is 19.8 Å². The SMILES string of the molecule is CC/C=C/C/C=C/C/C=C/C/C=C/C/C=C/CCCC(=O)OC[C@H](COP(=O)(O)OC[C@H](N)C(=O)O)OC(=O)CCCCCCCCCCC/C=C/CCCC. The Labute approximate surface area is 338 Å². The maximum atomic E-state index is 12.6. The van der Waals surface area contributed by atoms with E-state index in [1.165, 1.54) is 51.4 Å². The van der Waals surface area contributed by atoms with Crippen LogP contribution in [0.25, 0.3) is 0 Å². The molecule has 0 aliphatic rings. The predicted octanol–water partition coefficient (Wildman–Crippen LogP) is 10.9. The molecule has 0 saturated heterocycles. The number of ether oxygens (including phenoxy) is 2. The lowest BCUT2D eigenvalue weighted by molar-refractivity contribution is -0.161. The monoisotopic (exact) mass is 808 g/mol. The van der Waals surface area contributed by atoms with E-state index in [4.69, 9.17) is 24.8 Å². The Morgan fingerprint density at radius 3 is 1.57 bits per heavy atom. The topological polar surface area (TPSA) is 172 Å². The van der Waals surface area contributed by atoms with E-state index in [1.807, 2.05) is 12.2 Å². The van der Waals surface area contributed by atoms with Crippen LogP contribution in [0.5, 0.6) is 0 Å². The van der Waals surface area contributed by atoms with Gasteiger partial charge in [0, 0.05) is 12.8 Å². The Hall–Kier alpha value is -3.08. The first-order chi connectivity index (χ1) is 27.1. The van der Waals surface area contributed by atoms with E-state index in [-0.39, 0.29) is 19.4 Å². The normalized spacial score (nSPS) is 14.5. The van der Waals surface area contributed by atoms with Crippen LogP contribution in [0.2, 0.25) is 0 Å². The summed E-state index contributed by atoms with van der Waals surface area (Å²) in [6.07, 6.45) is 45.4. The van der Waals surface area contributed by atoms with Gasteiger partial charge >= 0.3 is 25.7 Å². The third-order valence-corrected chi connectivity index (χ3v) is 9.39. The van der Waals surface area contributed by atoms with Crippen LogP contribution in [0.4, 0.5) is 0 Å². The van der Waals surface area contributed by atoms with E-state index in [0.29, 0.717) is 19.3 Å². The molecule has 0 heterocycles. The summed E-state index contributed by atoms with van der Waals surface area (Å²) in [4.78, 5) is 45.9. The molecule has 0 fully saturated rings. The number of esters is 2. The van der Waals surface area contributed by atoms with Crippen LogP contribution >= 0.6 is 7.82 Å². The Bertz CT molecular complexity index is 1230. The van der Waals surface area contributed by atoms with Gasteiger partial charge in [0.15, 0.2) is 6.10 Å². The average Bonchev–Trinajstić information content (AvgIpc) is 3.17. The summed E-state index contributed by atoms with van der Waals surface area (Å²) in [6.45, 7) is 2.58. The summed E-state index contributed by atoms with van der Waals surface area (Å²) in [6, 6.07) is -1.53. The van der Waals surface area contributed by atoms with Gasteiger partial charge in [-0.25, -0.2) is 4.57 Å². The molecule has 1 unspecified atom stereocenters. The summed E-state index contributed by atoms with van der Waals surface area (Å²) in [7, 11) is -4.73. The largest absolute Gasteiger partial charge is 0.480 e. The van der Waals surface area contributed by atoms with Gasteiger partial charge in [0.25, 0.3) is 0 Å². The highest BCUT2D eigenvalue weighted by Crippen LogP contribution is 2.43. The molecule has 0 radical (unpaired) electrons. The number of carbonyl (C=O) groups is 3. The van der Waals surface area contributed by atoms with Crippen molar-refractivity contribution in [2.45, 2.75) is 167 Å². The maximum Gasteiger partial charge on any atom is 0.472 e. The molecule has 0 aliphatic carbocycles. The first kappa shape index (κ1) is 52.9. The molecule has 0 rings (SSSR count). The van der Waals surface area contributed by atoms with Crippen molar-refractivity contribution in [1.82, 2.24) is 0 Å². The molecule has 0 spiro atoms. The number of phosphoric acid groups is 1. The quantitative estimate of drug-likeness (QED) is 0.0235. The molecule has 4 N–H and O–H groups in total. The molecule has 11 nitrogen and oxygen atoms in total. The zero-order valence-corrected chi connectivity index (χ0v) is 35.3. The zero-order chi connectivity index (χ0) is 41.4. The first-order valence-corrected chi connectivity index (χ1v) is 22.5. The molecule has 0 amide bonds. The van der Waals surface area contributed by atoms with Crippen LogP contribution in [0.15, 0.2) is 72.9 Å². The van der Waals surface area contributed by atoms with Crippen LogP contribution in [-0.4, -0.2) is 59.9 Å². The van der Waals surface area contributed by atoms with Gasteiger partial charge in [-0.15, -0.1) is 0 Å². The van der Waals surface area contributed by atoms with Gasteiger partial charge in [-0.3, -0.25) is 23.4 Å². The lowest BCUT2D eigenvalue weighted by Crippen LogP contribution is -2.34. The van der Waals surface area contributed by atoms with Crippen LogP contribution in [-0.2, 0) is 37.5 Å². The molecular formula is C44H74NO10P. The lowest BCUT2D eigenvalue weighted by atomic mass is 10.1. The second kappa shape index (κ2) is 38.8. The highest BCUT2D eigenvalue weighted by molar-refractivity contribution is 7.47. The molecular weight excluding hydrogens is 733 g/mol. The fraction of sp³-hybridized carbons (Fsp3) is 0.659. The predicted molar refractivity (Wildman–Crippen MR) is 226 cm³/mol. The number of carboxylic acid groups (broad SMARTS) is 1. The summed E-state index contributed by atoms with van der Waals surface area (Å²) < 4.78 is 32.6. The number of carboxylic acids is 1. The fourth-order valence-electron chi connectivity index (χ4n) is 5.14. The summed E-state index contributed by atoms with van der Waals surface area (Å²) in [5, 5.41) is 8.88. The molecule has 3 atom stereocenters. The Morgan fingerprint density at radius 1 is 0.571 bits per heavy atom. The molecule has 0 aromatic carbocycles. The Morgan fingerprint density at radius 2 is 1.02 bits per heavy atom. The first-order valence-electron chi connectivity index (χ1n) is 21.0. The third-order valence-electron chi connectivity index (χ3n) is 8.44. The summed E-state index contributed by atoms with van der Waals surface area (Å²) in [5.41, 5.74) is 5.32. The summed E-state index contributed by atoms with van der Waals surface area (Å²) in [5.74, 6) is -2.46. The molecule has 0 aromatic heterocycles. The van der Waals surface area contributed by atoms with E-state index in [0.717, 1.165) is 57.8 Å². The number of rotatable bonds is 38. The van der Waals surface area contributed by atoms with Crippen LogP contribution in [0, 0.1) is 0 Å². The minimum absolute atomic E-state index is 0.140. The Kier molecular flexibility index (Phi) is 36.6. The minimum Gasteiger partial charge on any atom is -0.480 e. The number of nitrogens with two attached hydrogens (primary N) is 1. The number of unbranched alkanes of at least 4 members (excludes halogenated alkanes) is 12. The standard InChI is InChI=1S/C44H74NO10P/c1-3-5-7-9-11-13-15-17-19-20-22-23-25-27-29-31-33-35-42(46)52-37-40(38-53-56(50,51)54-39-41(45)44(48)49)55-43(47)36-34-32-30-28-26-24-21-18-16-14-12-10-8-6-4-2/h5,7,10-13,17,19,22-23,27,29,40-41H,3-4,6,8-9,14-16,18,20-21,24-26,28,30-39,45H2,1-2H3,(H,48,49)(H,50,51)/b7-5+,12-10+,13-11+,19-17+,23-22+,29-27+/t40-,41+/m1/s1. The number of phosphoric ester groups is 1. The van der Waals surface area contributed by atoms with E-state index in [2.05, 4.69) is 79.1 Å². The molecule has 12 heteroatoms. The van der Waals surface area contributed by atoms with Gasteiger partial charge in [-0.1, -0.05) is 145 Å². The second-order valence-corrected chi connectivity index (χ2v) is 15.2. The van der Waals surface area contributed by atoms with E-state index in [9.17, 15) is 23.8 Å². The van der Waals surface area contributed by atoms with Gasteiger partial charge in [0.2, 0.25) is 0 Å². The van der Waals surface area contributed by atoms with Crippen molar-refractivity contribution in [3.05, 3.63) is 72.9 Å². The minimum atomic E-state index is -4.73. The van der Waals surface area contributed by atoms with Gasteiger partial charge < -0.3 is 25.2 Å². The van der Waals surface area contributed by atoms with Crippen molar-refractivity contribution in [3.8, 4) is 0 Å². The van der Waals surface area contributed by atoms with Gasteiger partial charge in [0.1, 0.15) is 12.6 Å². The number of hydrogen-bond acceptors (Lipinski definition) is 9. The van der Waals surface area contributed by atoms with Crippen molar-refractivity contribution < 1.29 is 47.5 Å². The maximum absolute atomic E-state index is 12.6.